The molecule has 0 radical (unpaired) electrons. The first-order valence-electron chi connectivity index (χ1n) is 7.88. The van der Waals surface area contributed by atoms with Crippen LogP contribution in [0.4, 0.5) is 10.3 Å². The van der Waals surface area contributed by atoms with Gasteiger partial charge in [0, 0.05) is 17.0 Å². The van der Waals surface area contributed by atoms with Gasteiger partial charge in [0.15, 0.2) is 0 Å². The van der Waals surface area contributed by atoms with Crippen molar-refractivity contribution >= 4 is 27.6 Å². The zero-order valence-electron chi connectivity index (χ0n) is 14.2. The van der Waals surface area contributed by atoms with Crippen LogP contribution in [-0.2, 0) is 16.4 Å². The van der Waals surface area contributed by atoms with Crippen molar-refractivity contribution in [1.29, 1.82) is 0 Å². The summed E-state index contributed by atoms with van der Waals surface area (Å²) in [5, 5.41) is 0.525. The number of hydrogen-bond acceptors (Lipinski definition) is 4. The van der Waals surface area contributed by atoms with E-state index in [2.05, 4.69) is 14.7 Å². The quantitative estimate of drug-likeness (QED) is 0.679. The molecular weight excluding hydrogens is 393 g/mol. The third kappa shape index (κ3) is 4.35. The molecule has 9 heteroatoms. The Kier molecular flexibility index (Phi) is 5.29. The number of rotatable bonds is 5. The number of anilines is 1. The van der Waals surface area contributed by atoms with Crippen LogP contribution in [-0.4, -0.2) is 18.4 Å². The van der Waals surface area contributed by atoms with Crippen molar-refractivity contribution in [2.75, 3.05) is 4.72 Å². The van der Waals surface area contributed by atoms with Crippen molar-refractivity contribution in [1.82, 2.24) is 9.97 Å². The van der Waals surface area contributed by atoms with E-state index in [4.69, 9.17) is 11.6 Å². The Labute approximate surface area is 160 Å². The lowest BCUT2D eigenvalue weighted by molar-refractivity contribution is 0.599. The Bertz CT molecular complexity index is 1150. The van der Waals surface area contributed by atoms with Crippen molar-refractivity contribution in [2.24, 2.45) is 0 Å². The highest BCUT2D eigenvalue weighted by atomic mass is 35.5. The number of nitrogens with one attached hydrogen (secondary N) is 2. The monoisotopic (exact) mass is 407 g/mol. The van der Waals surface area contributed by atoms with E-state index in [-0.39, 0.29) is 17.3 Å². The Balaban J connectivity index is 1.90. The van der Waals surface area contributed by atoms with Gasteiger partial charge in [0.2, 0.25) is 5.95 Å². The average Bonchev–Trinajstić information content (AvgIpc) is 2.59. The lowest BCUT2D eigenvalue weighted by Crippen LogP contribution is -2.22. The fourth-order valence-electron chi connectivity index (χ4n) is 2.50. The normalized spacial score (nSPS) is 11.4. The summed E-state index contributed by atoms with van der Waals surface area (Å²) < 4.78 is 39.9. The molecule has 6 nitrogen and oxygen atoms in total. The van der Waals surface area contributed by atoms with Crippen LogP contribution >= 0.6 is 11.6 Å². The minimum Gasteiger partial charge on any atom is -0.292 e. The molecule has 140 valence electrons. The van der Waals surface area contributed by atoms with Crippen molar-refractivity contribution in [2.45, 2.75) is 18.2 Å². The third-order valence-electron chi connectivity index (χ3n) is 3.90. The lowest BCUT2D eigenvalue weighted by Gasteiger charge is -2.10. The first-order valence-corrected chi connectivity index (χ1v) is 9.74. The smallest absolute Gasteiger partial charge is 0.264 e. The van der Waals surface area contributed by atoms with Gasteiger partial charge in [-0.05, 0) is 42.8 Å². The van der Waals surface area contributed by atoms with Crippen molar-refractivity contribution < 1.29 is 12.8 Å². The van der Waals surface area contributed by atoms with Gasteiger partial charge in [-0.2, -0.15) is 0 Å². The van der Waals surface area contributed by atoms with Crippen LogP contribution in [0, 0.1) is 12.7 Å². The van der Waals surface area contributed by atoms with Crippen LogP contribution in [0.1, 0.15) is 16.8 Å². The molecule has 0 fully saturated rings. The van der Waals surface area contributed by atoms with Crippen molar-refractivity contribution in [3.63, 3.8) is 0 Å². The topological polar surface area (TPSA) is 91.9 Å². The molecule has 1 heterocycles. The predicted molar refractivity (Wildman–Crippen MR) is 101 cm³/mol. The molecule has 0 saturated carbocycles. The molecule has 0 bridgehead atoms. The van der Waals surface area contributed by atoms with Gasteiger partial charge in [-0.1, -0.05) is 29.8 Å². The number of H-pyrrole nitrogens is 1. The van der Waals surface area contributed by atoms with E-state index in [1.54, 1.807) is 25.1 Å². The van der Waals surface area contributed by atoms with Gasteiger partial charge < -0.3 is 0 Å². The van der Waals surface area contributed by atoms with Gasteiger partial charge in [0.05, 0.1) is 10.6 Å². The number of aromatic nitrogens is 2. The first kappa shape index (κ1) is 19.1. The van der Waals surface area contributed by atoms with Crippen molar-refractivity contribution in [3.8, 4) is 0 Å². The molecule has 0 atom stereocenters. The van der Waals surface area contributed by atoms with Gasteiger partial charge >= 0.3 is 0 Å². The first-order chi connectivity index (χ1) is 12.8. The average molecular weight is 408 g/mol. The second-order valence-corrected chi connectivity index (χ2v) is 7.90. The molecule has 0 spiro atoms. The molecule has 0 aliphatic heterocycles. The molecule has 0 amide bonds. The minimum absolute atomic E-state index is 0.149. The zero-order valence-corrected chi connectivity index (χ0v) is 15.7. The fourth-order valence-corrected chi connectivity index (χ4v) is 3.67. The predicted octanol–water partition coefficient (Wildman–Crippen LogP) is 3.26. The molecule has 2 N–H and O–H groups in total. The highest BCUT2D eigenvalue weighted by Crippen LogP contribution is 2.19. The lowest BCUT2D eigenvalue weighted by atomic mass is 10.1. The maximum absolute atomic E-state index is 13.0. The third-order valence-corrected chi connectivity index (χ3v) is 5.63. The van der Waals surface area contributed by atoms with Crippen LogP contribution in [0.2, 0.25) is 5.02 Å². The summed E-state index contributed by atoms with van der Waals surface area (Å²) in [6.45, 7) is 1.61. The van der Waals surface area contributed by atoms with E-state index in [1.165, 1.54) is 0 Å². The van der Waals surface area contributed by atoms with Crippen LogP contribution in [0.5, 0.6) is 0 Å². The van der Waals surface area contributed by atoms with Crippen LogP contribution in [0.3, 0.4) is 0 Å². The molecule has 3 rings (SSSR count). The molecule has 0 aliphatic carbocycles. The molecule has 3 aromatic rings. The Hall–Kier alpha value is -2.71. The summed E-state index contributed by atoms with van der Waals surface area (Å²) in [5.41, 5.74) is 1.04. The number of aryl methyl sites for hydroxylation is 1. The molecular formula is C18H15ClFN3O3S. The van der Waals surface area contributed by atoms with Gasteiger partial charge in [-0.15, -0.1) is 0 Å². The van der Waals surface area contributed by atoms with Gasteiger partial charge in [-0.25, -0.2) is 22.5 Å². The SMILES string of the molecule is Cc1nc(NS(=O)(=O)c2ccc(F)cc2)[nH]c(=O)c1Cc1ccccc1Cl. The summed E-state index contributed by atoms with van der Waals surface area (Å²) in [6.07, 6.45) is 0.263. The largest absolute Gasteiger partial charge is 0.292 e. The van der Waals surface area contributed by atoms with Gasteiger partial charge in [-0.3, -0.25) is 9.78 Å². The molecule has 0 unspecified atom stereocenters. The summed E-state index contributed by atoms with van der Waals surface area (Å²) in [5.74, 6) is -0.773. The minimum atomic E-state index is -4.01. The highest BCUT2D eigenvalue weighted by Gasteiger charge is 2.17. The van der Waals surface area contributed by atoms with E-state index in [1.807, 2.05) is 6.07 Å². The number of hydrogen-bond donors (Lipinski definition) is 2. The van der Waals surface area contributed by atoms with E-state index >= 15 is 0 Å². The fraction of sp³-hybridized carbons (Fsp3) is 0.111. The van der Waals surface area contributed by atoms with Crippen LogP contribution in [0.15, 0.2) is 58.2 Å². The Morgan fingerprint density at radius 1 is 1.15 bits per heavy atom. The second-order valence-electron chi connectivity index (χ2n) is 5.81. The Morgan fingerprint density at radius 3 is 2.44 bits per heavy atom. The summed E-state index contributed by atoms with van der Waals surface area (Å²) in [7, 11) is -4.01. The van der Waals surface area contributed by atoms with Crippen molar-refractivity contribution in [3.05, 3.63) is 86.5 Å². The summed E-state index contributed by atoms with van der Waals surface area (Å²) >= 11 is 6.13. The van der Waals surface area contributed by atoms with Gasteiger partial charge in [0.1, 0.15) is 5.82 Å². The summed E-state index contributed by atoms with van der Waals surface area (Å²) in [6, 6.07) is 11.4. The maximum Gasteiger partial charge on any atom is 0.264 e. The van der Waals surface area contributed by atoms with Crippen LogP contribution < -0.4 is 10.3 Å². The molecule has 0 saturated heterocycles. The van der Waals surface area contributed by atoms with E-state index in [0.717, 1.165) is 29.8 Å². The second kappa shape index (κ2) is 7.50. The van der Waals surface area contributed by atoms with Gasteiger partial charge in [0.25, 0.3) is 15.6 Å². The van der Waals surface area contributed by atoms with E-state index < -0.39 is 21.4 Å². The number of sulfonamides is 1. The molecule has 0 aliphatic rings. The number of benzene rings is 2. The number of halogens is 2. The molecule has 2 aromatic carbocycles. The number of aromatic amines is 1. The van der Waals surface area contributed by atoms with Crippen LogP contribution in [0.25, 0.3) is 0 Å². The molecule has 27 heavy (non-hydrogen) atoms. The standard InChI is InChI=1S/C18H15ClFN3O3S/c1-11-15(10-12-4-2-3-5-16(12)19)17(24)22-18(21-11)23-27(25,26)14-8-6-13(20)7-9-14/h2-9H,10H2,1H3,(H2,21,22,23,24). The highest BCUT2D eigenvalue weighted by molar-refractivity contribution is 7.92. The zero-order chi connectivity index (χ0) is 19.6. The summed E-state index contributed by atoms with van der Waals surface area (Å²) in [4.78, 5) is 18.8. The van der Waals surface area contributed by atoms with E-state index in [0.29, 0.717) is 16.3 Å². The Morgan fingerprint density at radius 2 is 1.81 bits per heavy atom. The van der Waals surface area contributed by atoms with E-state index in [9.17, 15) is 17.6 Å². The number of nitrogens with zero attached hydrogens (tertiary/aromatic N) is 1. The molecule has 1 aromatic heterocycles. The maximum atomic E-state index is 13.0.